The van der Waals surface area contributed by atoms with Crippen LogP contribution in [0, 0.1) is 0 Å². The molecule has 0 N–H and O–H groups in total. The summed E-state index contributed by atoms with van der Waals surface area (Å²) in [5.41, 5.74) is 0. The van der Waals surface area contributed by atoms with Gasteiger partial charge in [-0.05, 0) is 19.8 Å². The molecule has 2 nitrogen and oxygen atoms in total. The van der Waals surface area contributed by atoms with Gasteiger partial charge in [-0.1, -0.05) is 31.2 Å². The lowest BCUT2D eigenvalue weighted by molar-refractivity contribution is -0.117. The monoisotopic (exact) mass is 235 g/mol. The van der Waals surface area contributed by atoms with Crippen LogP contribution in [0.25, 0.3) is 0 Å². The van der Waals surface area contributed by atoms with Crippen molar-refractivity contribution >= 4 is 5.78 Å². The first kappa shape index (κ1) is 15.9. The normalized spacial score (nSPS) is 12.9. The van der Waals surface area contributed by atoms with Gasteiger partial charge in [-0.25, -0.2) is 0 Å². The number of ketones is 1. The van der Waals surface area contributed by atoms with Crippen molar-refractivity contribution in [2.24, 2.45) is 0 Å². The van der Waals surface area contributed by atoms with E-state index >= 15 is 0 Å². The summed E-state index contributed by atoms with van der Waals surface area (Å²) >= 11 is 0. The van der Waals surface area contributed by atoms with Crippen molar-refractivity contribution in [3.8, 4) is 0 Å². The van der Waals surface area contributed by atoms with Crippen LogP contribution in [0.2, 0.25) is 0 Å². The van der Waals surface area contributed by atoms with Gasteiger partial charge in [-0.15, -0.1) is 13.2 Å². The van der Waals surface area contributed by atoms with Crippen LogP contribution >= 0.6 is 0 Å². The number of hydrogen-bond donors (Lipinski definition) is 0. The van der Waals surface area contributed by atoms with Crippen LogP contribution in [0.3, 0.4) is 0 Å². The minimum atomic E-state index is 0.247. The molecule has 0 bridgehead atoms. The maximum Gasteiger partial charge on any atom is 0.129 e. The average molecular weight is 235 g/mol. The molecule has 0 heterocycles. The molecule has 17 heavy (non-hydrogen) atoms. The van der Waals surface area contributed by atoms with Crippen molar-refractivity contribution in [1.29, 1.82) is 0 Å². The van der Waals surface area contributed by atoms with E-state index in [0.29, 0.717) is 12.5 Å². The van der Waals surface area contributed by atoms with E-state index in [-0.39, 0.29) is 5.78 Å². The van der Waals surface area contributed by atoms with E-state index in [1.807, 2.05) is 12.2 Å². The molecule has 0 rings (SSSR count). The summed E-state index contributed by atoms with van der Waals surface area (Å²) in [5, 5.41) is 0. The molecule has 96 valence electrons. The number of hydrogen-bond acceptors (Lipinski definition) is 2. The molecule has 0 aromatic heterocycles. The molecule has 0 saturated carbocycles. The highest BCUT2D eigenvalue weighted by Gasteiger charge is 2.13. The molecule has 0 aliphatic carbocycles. The molecule has 0 aliphatic rings. The van der Waals surface area contributed by atoms with Crippen molar-refractivity contribution in [1.82, 2.24) is 4.90 Å². The zero-order chi connectivity index (χ0) is 13.1. The van der Waals surface area contributed by atoms with Gasteiger partial charge in [-0.3, -0.25) is 4.90 Å². The van der Waals surface area contributed by atoms with Crippen LogP contribution < -0.4 is 0 Å². The first-order valence-electron chi connectivity index (χ1n) is 6.27. The largest absolute Gasteiger partial charge is 0.300 e. The van der Waals surface area contributed by atoms with E-state index in [9.17, 15) is 4.79 Å². The lowest BCUT2D eigenvalue weighted by Crippen LogP contribution is -2.34. The first-order valence-corrected chi connectivity index (χ1v) is 6.27. The Balaban J connectivity index is 4.57. The first-order chi connectivity index (χ1) is 8.15. The standard InChI is InChI=1S/C15H25NO/c1-5-8-9-15(11-10-14(4)17)16(12-6-2)13-7-3/h6-9,15H,2-3,5,10-13H2,1,4H3/b9-8-/t15-/m1/s1. The molecule has 0 unspecified atom stereocenters. The molecule has 0 amide bonds. The van der Waals surface area contributed by atoms with Gasteiger partial charge in [0.2, 0.25) is 0 Å². The molecule has 2 heteroatoms. The lowest BCUT2D eigenvalue weighted by Gasteiger charge is -2.27. The summed E-state index contributed by atoms with van der Waals surface area (Å²) in [7, 11) is 0. The van der Waals surface area contributed by atoms with Crippen LogP contribution in [0.5, 0.6) is 0 Å². The fraction of sp³-hybridized carbons (Fsp3) is 0.533. The topological polar surface area (TPSA) is 20.3 Å². The fourth-order valence-corrected chi connectivity index (χ4v) is 1.72. The number of carbonyl (C=O) groups is 1. The van der Waals surface area contributed by atoms with Crippen molar-refractivity contribution in [3.05, 3.63) is 37.5 Å². The Kier molecular flexibility index (Phi) is 9.35. The van der Waals surface area contributed by atoms with Crippen LogP contribution in [0.1, 0.15) is 33.1 Å². The molecule has 0 aromatic carbocycles. The van der Waals surface area contributed by atoms with Gasteiger partial charge in [0.15, 0.2) is 0 Å². The minimum Gasteiger partial charge on any atom is -0.300 e. The van der Waals surface area contributed by atoms with E-state index in [4.69, 9.17) is 0 Å². The Hall–Kier alpha value is -1.15. The number of Topliss-reactive ketones (excluding diaryl/α,β-unsaturated/α-hetero) is 1. The van der Waals surface area contributed by atoms with Gasteiger partial charge in [-0.2, -0.15) is 0 Å². The predicted octanol–water partition coefficient (Wildman–Crippen LogP) is 3.36. The highest BCUT2D eigenvalue weighted by molar-refractivity contribution is 5.75. The summed E-state index contributed by atoms with van der Waals surface area (Å²) in [5.74, 6) is 0.247. The highest BCUT2D eigenvalue weighted by Crippen LogP contribution is 2.10. The number of nitrogens with zero attached hydrogens (tertiary/aromatic N) is 1. The Morgan fingerprint density at radius 1 is 1.29 bits per heavy atom. The predicted molar refractivity (Wildman–Crippen MR) is 75.1 cm³/mol. The van der Waals surface area contributed by atoms with Gasteiger partial charge in [0.1, 0.15) is 5.78 Å². The quantitative estimate of drug-likeness (QED) is 0.541. The van der Waals surface area contributed by atoms with Crippen LogP contribution in [0.15, 0.2) is 37.5 Å². The zero-order valence-electron chi connectivity index (χ0n) is 11.2. The minimum absolute atomic E-state index is 0.247. The molecular formula is C15H25NO. The molecule has 0 aliphatic heterocycles. The summed E-state index contributed by atoms with van der Waals surface area (Å²) in [6.45, 7) is 13.0. The maximum absolute atomic E-state index is 11.1. The third-order valence-electron chi connectivity index (χ3n) is 2.58. The van der Waals surface area contributed by atoms with Gasteiger partial charge < -0.3 is 4.79 Å². The SMILES string of the molecule is C=CCN(CC=C)[C@H](/C=C\CC)CCC(C)=O. The summed E-state index contributed by atoms with van der Waals surface area (Å²) in [4.78, 5) is 13.4. The third-order valence-corrected chi connectivity index (χ3v) is 2.58. The Bertz CT molecular complexity index is 258. The second-order valence-electron chi connectivity index (χ2n) is 4.18. The second-order valence-corrected chi connectivity index (χ2v) is 4.18. The average Bonchev–Trinajstić information content (AvgIpc) is 2.29. The fourth-order valence-electron chi connectivity index (χ4n) is 1.72. The smallest absolute Gasteiger partial charge is 0.129 e. The van der Waals surface area contributed by atoms with Crippen LogP contribution in [0.4, 0.5) is 0 Å². The second kappa shape index (κ2) is 10.0. The molecular weight excluding hydrogens is 210 g/mol. The van der Waals surface area contributed by atoms with E-state index < -0.39 is 0 Å². The van der Waals surface area contributed by atoms with Crippen molar-refractivity contribution < 1.29 is 4.79 Å². The van der Waals surface area contributed by atoms with E-state index in [1.54, 1.807) is 6.92 Å². The molecule has 0 saturated heterocycles. The number of allylic oxidation sites excluding steroid dienone is 1. The van der Waals surface area contributed by atoms with Crippen molar-refractivity contribution in [3.63, 3.8) is 0 Å². The third kappa shape index (κ3) is 7.70. The van der Waals surface area contributed by atoms with Gasteiger partial charge in [0.25, 0.3) is 0 Å². The van der Waals surface area contributed by atoms with E-state index in [2.05, 4.69) is 37.1 Å². The maximum atomic E-state index is 11.1. The van der Waals surface area contributed by atoms with Gasteiger partial charge in [0, 0.05) is 25.6 Å². The summed E-state index contributed by atoms with van der Waals surface area (Å²) in [6.07, 6.45) is 10.7. The van der Waals surface area contributed by atoms with E-state index in [1.165, 1.54) is 0 Å². The van der Waals surface area contributed by atoms with Gasteiger partial charge >= 0.3 is 0 Å². The van der Waals surface area contributed by atoms with Crippen molar-refractivity contribution in [2.45, 2.75) is 39.2 Å². The van der Waals surface area contributed by atoms with Crippen LogP contribution in [-0.4, -0.2) is 29.8 Å². The number of carbonyl (C=O) groups excluding carboxylic acids is 1. The van der Waals surface area contributed by atoms with Crippen molar-refractivity contribution in [2.75, 3.05) is 13.1 Å². The Morgan fingerprint density at radius 2 is 1.88 bits per heavy atom. The van der Waals surface area contributed by atoms with Crippen LogP contribution in [-0.2, 0) is 4.79 Å². The van der Waals surface area contributed by atoms with E-state index in [0.717, 1.165) is 25.9 Å². The zero-order valence-corrected chi connectivity index (χ0v) is 11.2. The molecule has 0 radical (unpaired) electrons. The Labute approximate surface area is 106 Å². The molecule has 0 aromatic rings. The van der Waals surface area contributed by atoms with Gasteiger partial charge in [0.05, 0.1) is 0 Å². The lowest BCUT2D eigenvalue weighted by atomic mass is 10.1. The molecule has 0 spiro atoms. The molecule has 0 fully saturated rings. The summed E-state index contributed by atoms with van der Waals surface area (Å²) in [6, 6.07) is 0.301. The number of rotatable bonds is 10. The highest BCUT2D eigenvalue weighted by atomic mass is 16.1. The Morgan fingerprint density at radius 3 is 2.29 bits per heavy atom. The molecule has 1 atom stereocenters. The summed E-state index contributed by atoms with van der Waals surface area (Å²) < 4.78 is 0.